The maximum atomic E-state index is 8.90. The molecule has 1 aliphatic rings. The van der Waals surface area contributed by atoms with Crippen LogP contribution in [0, 0.1) is 11.8 Å². The molecule has 72 valence electrons. The second-order valence-corrected chi connectivity index (χ2v) is 4.11. The van der Waals surface area contributed by atoms with Crippen LogP contribution in [-0.2, 0) is 0 Å². The molecule has 0 heterocycles. The van der Waals surface area contributed by atoms with E-state index in [1.165, 1.54) is 38.5 Å². The molecule has 2 unspecified atom stereocenters. The molecule has 1 N–H and O–H groups in total. The van der Waals surface area contributed by atoms with Gasteiger partial charge in [0.05, 0.1) is 0 Å². The summed E-state index contributed by atoms with van der Waals surface area (Å²) < 4.78 is 0. The molecule has 0 saturated heterocycles. The lowest BCUT2D eigenvalue weighted by Gasteiger charge is -2.30. The van der Waals surface area contributed by atoms with Crippen LogP contribution >= 0.6 is 0 Å². The van der Waals surface area contributed by atoms with Crippen molar-refractivity contribution in [3.05, 3.63) is 0 Å². The van der Waals surface area contributed by atoms with Crippen LogP contribution in [0.3, 0.4) is 0 Å². The first-order valence-electron chi connectivity index (χ1n) is 5.49. The van der Waals surface area contributed by atoms with Gasteiger partial charge in [-0.25, -0.2) is 0 Å². The first kappa shape index (κ1) is 10.0. The number of aliphatic hydroxyl groups is 1. The van der Waals surface area contributed by atoms with Gasteiger partial charge in [0.1, 0.15) is 0 Å². The number of hydrogen-bond acceptors (Lipinski definition) is 1. The van der Waals surface area contributed by atoms with Crippen molar-refractivity contribution < 1.29 is 5.11 Å². The summed E-state index contributed by atoms with van der Waals surface area (Å²) in [6.07, 6.45) is 9.34. The quantitative estimate of drug-likeness (QED) is 0.687. The summed E-state index contributed by atoms with van der Waals surface area (Å²) in [6, 6.07) is 0. The molecule has 1 fully saturated rings. The normalized spacial score (nSPS) is 30.5. The van der Waals surface area contributed by atoms with E-state index >= 15 is 0 Å². The van der Waals surface area contributed by atoms with Crippen LogP contribution in [0.15, 0.2) is 0 Å². The summed E-state index contributed by atoms with van der Waals surface area (Å²) in [5, 5.41) is 8.90. The van der Waals surface area contributed by atoms with E-state index in [0.29, 0.717) is 6.61 Å². The summed E-state index contributed by atoms with van der Waals surface area (Å²) in [5.74, 6) is 1.76. The minimum absolute atomic E-state index is 0.394. The largest absolute Gasteiger partial charge is 0.396 e. The Labute approximate surface area is 76.2 Å². The molecular formula is C11H22O. The van der Waals surface area contributed by atoms with Crippen molar-refractivity contribution in [1.82, 2.24) is 0 Å². The van der Waals surface area contributed by atoms with E-state index in [9.17, 15) is 0 Å². The van der Waals surface area contributed by atoms with Crippen LogP contribution in [-0.4, -0.2) is 11.7 Å². The maximum Gasteiger partial charge on any atom is 0.0433 e. The molecule has 1 heteroatoms. The molecule has 0 spiro atoms. The minimum atomic E-state index is 0.394. The molecule has 0 bridgehead atoms. The second-order valence-electron chi connectivity index (χ2n) is 4.11. The van der Waals surface area contributed by atoms with E-state index in [2.05, 4.69) is 6.92 Å². The smallest absolute Gasteiger partial charge is 0.0433 e. The predicted octanol–water partition coefficient (Wildman–Crippen LogP) is 2.98. The molecule has 0 aromatic heterocycles. The highest BCUT2D eigenvalue weighted by molar-refractivity contribution is 4.74. The SMILES string of the molecule is CCCC1CCCCC1CCO. The maximum absolute atomic E-state index is 8.90. The molecule has 0 aromatic carbocycles. The van der Waals surface area contributed by atoms with Crippen LogP contribution in [0.5, 0.6) is 0 Å². The Kier molecular flexibility index (Phi) is 4.67. The molecule has 0 radical (unpaired) electrons. The zero-order valence-corrected chi connectivity index (χ0v) is 8.26. The number of rotatable bonds is 4. The van der Waals surface area contributed by atoms with Crippen LogP contribution in [0.25, 0.3) is 0 Å². The predicted molar refractivity (Wildman–Crippen MR) is 52.1 cm³/mol. The average Bonchev–Trinajstić information content (AvgIpc) is 2.09. The van der Waals surface area contributed by atoms with Crippen molar-refractivity contribution in [2.24, 2.45) is 11.8 Å². The summed E-state index contributed by atoms with van der Waals surface area (Å²) >= 11 is 0. The number of aliphatic hydroxyl groups excluding tert-OH is 1. The van der Waals surface area contributed by atoms with Crippen LogP contribution in [0.1, 0.15) is 51.9 Å². The molecular weight excluding hydrogens is 148 g/mol. The van der Waals surface area contributed by atoms with Gasteiger partial charge in [0.25, 0.3) is 0 Å². The van der Waals surface area contributed by atoms with E-state index < -0.39 is 0 Å². The zero-order valence-electron chi connectivity index (χ0n) is 8.26. The zero-order chi connectivity index (χ0) is 8.81. The fraction of sp³-hybridized carbons (Fsp3) is 1.00. The highest BCUT2D eigenvalue weighted by Crippen LogP contribution is 2.34. The van der Waals surface area contributed by atoms with Crippen molar-refractivity contribution >= 4 is 0 Å². The van der Waals surface area contributed by atoms with Gasteiger partial charge < -0.3 is 5.11 Å². The molecule has 1 nitrogen and oxygen atoms in total. The lowest BCUT2D eigenvalue weighted by atomic mass is 9.75. The van der Waals surface area contributed by atoms with Crippen molar-refractivity contribution in [2.45, 2.75) is 51.9 Å². The first-order valence-corrected chi connectivity index (χ1v) is 5.49. The van der Waals surface area contributed by atoms with E-state index in [-0.39, 0.29) is 0 Å². The molecule has 0 amide bonds. The Morgan fingerprint density at radius 2 is 1.67 bits per heavy atom. The van der Waals surface area contributed by atoms with Crippen molar-refractivity contribution in [2.75, 3.05) is 6.61 Å². The van der Waals surface area contributed by atoms with Gasteiger partial charge in [-0.3, -0.25) is 0 Å². The van der Waals surface area contributed by atoms with Gasteiger partial charge in [-0.05, 0) is 18.3 Å². The van der Waals surface area contributed by atoms with E-state index in [1.807, 2.05) is 0 Å². The Morgan fingerprint density at radius 3 is 2.17 bits per heavy atom. The van der Waals surface area contributed by atoms with Gasteiger partial charge in [-0.15, -0.1) is 0 Å². The highest BCUT2D eigenvalue weighted by atomic mass is 16.3. The van der Waals surface area contributed by atoms with Crippen molar-refractivity contribution in [1.29, 1.82) is 0 Å². The van der Waals surface area contributed by atoms with Crippen molar-refractivity contribution in [3.63, 3.8) is 0 Å². The summed E-state index contributed by atoms with van der Waals surface area (Å²) in [6.45, 7) is 2.66. The lowest BCUT2D eigenvalue weighted by Crippen LogP contribution is -2.20. The standard InChI is InChI=1S/C11H22O/c1-2-5-10-6-3-4-7-11(10)8-9-12/h10-12H,2-9H2,1H3. The number of hydrogen-bond donors (Lipinski definition) is 1. The Hall–Kier alpha value is -0.0400. The summed E-state index contributed by atoms with van der Waals surface area (Å²) in [7, 11) is 0. The fourth-order valence-electron chi connectivity index (χ4n) is 2.58. The van der Waals surface area contributed by atoms with Gasteiger partial charge >= 0.3 is 0 Å². The Bertz CT molecular complexity index is 93.6. The first-order chi connectivity index (χ1) is 5.88. The van der Waals surface area contributed by atoms with Gasteiger partial charge in [0, 0.05) is 6.61 Å². The third-order valence-corrected chi connectivity index (χ3v) is 3.23. The lowest BCUT2D eigenvalue weighted by molar-refractivity contribution is 0.168. The fourth-order valence-corrected chi connectivity index (χ4v) is 2.58. The van der Waals surface area contributed by atoms with Gasteiger partial charge in [0.15, 0.2) is 0 Å². The minimum Gasteiger partial charge on any atom is -0.396 e. The molecule has 0 aromatic rings. The van der Waals surface area contributed by atoms with E-state index in [1.54, 1.807) is 0 Å². The van der Waals surface area contributed by atoms with Gasteiger partial charge in [-0.2, -0.15) is 0 Å². The molecule has 0 aliphatic heterocycles. The van der Waals surface area contributed by atoms with Crippen LogP contribution in [0.2, 0.25) is 0 Å². The molecule has 1 saturated carbocycles. The van der Waals surface area contributed by atoms with Crippen LogP contribution in [0.4, 0.5) is 0 Å². The van der Waals surface area contributed by atoms with Crippen LogP contribution < -0.4 is 0 Å². The Morgan fingerprint density at radius 1 is 1.08 bits per heavy atom. The summed E-state index contributed by atoms with van der Waals surface area (Å²) in [4.78, 5) is 0. The highest BCUT2D eigenvalue weighted by Gasteiger charge is 2.23. The Balaban J connectivity index is 2.31. The van der Waals surface area contributed by atoms with Crippen molar-refractivity contribution in [3.8, 4) is 0 Å². The monoisotopic (exact) mass is 170 g/mol. The molecule has 1 aliphatic carbocycles. The third kappa shape index (κ3) is 2.78. The molecule has 1 rings (SSSR count). The third-order valence-electron chi connectivity index (χ3n) is 3.23. The summed E-state index contributed by atoms with van der Waals surface area (Å²) in [5.41, 5.74) is 0. The van der Waals surface area contributed by atoms with E-state index in [0.717, 1.165) is 18.3 Å². The van der Waals surface area contributed by atoms with Gasteiger partial charge in [0.2, 0.25) is 0 Å². The molecule has 12 heavy (non-hydrogen) atoms. The average molecular weight is 170 g/mol. The molecule has 2 atom stereocenters. The topological polar surface area (TPSA) is 20.2 Å². The second kappa shape index (κ2) is 5.58. The van der Waals surface area contributed by atoms with E-state index in [4.69, 9.17) is 5.11 Å². The van der Waals surface area contributed by atoms with Gasteiger partial charge in [-0.1, -0.05) is 45.4 Å².